The second-order valence-corrected chi connectivity index (χ2v) is 7.11. The maximum atomic E-state index is 12.3. The molecule has 2 rings (SSSR count). The van der Waals surface area contributed by atoms with E-state index in [1.165, 1.54) is 12.1 Å². The number of hydrogen-bond donors (Lipinski definition) is 2. The number of aliphatic hydroxyl groups is 1. The van der Waals surface area contributed by atoms with Crippen molar-refractivity contribution in [1.82, 2.24) is 4.72 Å². The fourth-order valence-electron chi connectivity index (χ4n) is 2.20. The third-order valence-corrected chi connectivity index (χ3v) is 5.71. The van der Waals surface area contributed by atoms with Gasteiger partial charge in [-0.05, 0) is 43.4 Å². The molecule has 1 aromatic rings. The van der Waals surface area contributed by atoms with Crippen molar-refractivity contribution >= 4 is 21.6 Å². The van der Waals surface area contributed by atoms with Crippen molar-refractivity contribution in [2.24, 2.45) is 5.92 Å². The molecule has 0 aliphatic heterocycles. The van der Waals surface area contributed by atoms with E-state index in [0.29, 0.717) is 11.5 Å². The second-order valence-electron chi connectivity index (χ2n) is 5.02. The molecule has 1 fully saturated rings. The zero-order chi connectivity index (χ0) is 14.0. The monoisotopic (exact) mass is 303 g/mol. The minimum Gasteiger partial charge on any atom is -0.392 e. The highest BCUT2D eigenvalue weighted by Gasteiger charge is 2.28. The Hall–Kier alpha value is -0.620. The molecule has 0 saturated heterocycles. The minimum atomic E-state index is -3.64. The third-order valence-electron chi connectivity index (χ3n) is 3.67. The molecule has 0 radical (unpaired) electrons. The number of halogens is 1. The number of rotatable bonds is 5. The van der Waals surface area contributed by atoms with Gasteiger partial charge in [-0.15, -0.1) is 0 Å². The topological polar surface area (TPSA) is 66.4 Å². The molecular formula is C13H18ClNO3S. The molecule has 1 aliphatic rings. The van der Waals surface area contributed by atoms with Crippen molar-refractivity contribution in [3.05, 3.63) is 28.8 Å². The Morgan fingerprint density at radius 1 is 1.47 bits per heavy atom. The first-order valence-electron chi connectivity index (χ1n) is 6.35. The van der Waals surface area contributed by atoms with Crippen LogP contribution in [0.4, 0.5) is 0 Å². The Balaban J connectivity index is 2.23. The van der Waals surface area contributed by atoms with E-state index in [1.807, 2.05) is 6.92 Å². The van der Waals surface area contributed by atoms with Gasteiger partial charge in [0.1, 0.15) is 4.90 Å². The van der Waals surface area contributed by atoms with Crippen LogP contribution in [-0.4, -0.2) is 19.6 Å². The Kier molecular flexibility index (Phi) is 4.50. The second kappa shape index (κ2) is 5.79. The van der Waals surface area contributed by atoms with E-state index < -0.39 is 10.0 Å². The zero-order valence-corrected chi connectivity index (χ0v) is 12.3. The van der Waals surface area contributed by atoms with Gasteiger partial charge in [-0.25, -0.2) is 13.1 Å². The molecule has 0 spiro atoms. The molecule has 6 heteroatoms. The van der Waals surface area contributed by atoms with Crippen LogP contribution in [0.3, 0.4) is 0 Å². The van der Waals surface area contributed by atoms with Crippen molar-refractivity contribution in [3.8, 4) is 0 Å². The van der Waals surface area contributed by atoms with Crippen LogP contribution in [0, 0.1) is 5.92 Å². The van der Waals surface area contributed by atoms with Gasteiger partial charge in [0.2, 0.25) is 10.0 Å². The summed E-state index contributed by atoms with van der Waals surface area (Å²) in [4.78, 5) is 0.0342. The zero-order valence-electron chi connectivity index (χ0n) is 10.8. The van der Waals surface area contributed by atoms with Crippen LogP contribution in [-0.2, 0) is 16.6 Å². The lowest BCUT2D eigenvalue weighted by atomic mass is 9.81. The molecule has 1 atom stereocenters. The molecule has 1 aliphatic carbocycles. The van der Waals surface area contributed by atoms with E-state index in [4.69, 9.17) is 16.7 Å². The van der Waals surface area contributed by atoms with Gasteiger partial charge < -0.3 is 5.11 Å². The Labute approximate surface area is 118 Å². The van der Waals surface area contributed by atoms with Gasteiger partial charge in [-0.3, -0.25) is 0 Å². The summed E-state index contributed by atoms with van der Waals surface area (Å²) < 4.78 is 27.3. The summed E-state index contributed by atoms with van der Waals surface area (Å²) in [6, 6.07) is 4.43. The SMILES string of the molecule is CC(NS(=O)(=O)c1cc(CO)ccc1Cl)C1CCC1. The first-order chi connectivity index (χ1) is 8.94. The lowest BCUT2D eigenvalue weighted by Crippen LogP contribution is -2.40. The van der Waals surface area contributed by atoms with Crippen LogP contribution in [0.5, 0.6) is 0 Å². The number of hydrogen-bond acceptors (Lipinski definition) is 3. The lowest BCUT2D eigenvalue weighted by molar-refractivity contribution is 0.260. The molecular weight excluding hydrogens is 286 g/mol. The van der Waals surface area contributed by atoms with Gasteiger partial charge >= 0.3 is 0 Å². The molecule has 0 amide bonds. The highest BCUT2D eigenvalue weighted by molar-refractivity contribution is 7.89. The Morgan fingerprint density at radius 2 is 2.16 bits per heavy atom. The predicted molar refractivity (Wildman–Crippen MR) is 74.5 cm³/mol. The van der Waals surface area contributed by atoms with Crippen LogP contribution in [0.1, 0.15) is 31.7 Å². The lowest BCUT2D eigenvalue weighted by Gasteiger charge is -2.31. The van der Waals surface area contributed by atoms with Gasteiger partial charge in [-0.2, -0.15) is 0 Å². The van der Waals surface area contributed by atoms with Crippen molar-refractivity contribution in [3.63, 3.8) is 0 Å². The molecule has 2 N–H and O–H groups in total. The summed E-state index contributed by atoms with van der Waals surface area (Å²) in [7, 11) is -3.64. The molecule has 106 valence electrons. The summed E-state index contributed by atoms with van der Waals surface area (Å²) in [5.74, 6) is 0.412. The summed E-state index contributed by atoms with van der Waals surface area (Å²) in [5.41, 5.74) is 0.529. The molecule has 0 heterocycles. The van der Waals surface area contributed by atoms with Crippen molar-refractivity contribution in [2.45, 2.75) is 43.7 Å². The van der Waals surface area contributed by atoms with Crippen LogP contribution in [0.2, 0.25) is 5.02 Å². The number of nitrogens with one attached hydrogen (secondary N) is 1. The predicted octanol–water partition coefficient (Wildman–Crippen LogP) is 2.30. The first-order valence-corrected chi connectivity index (χ1v) is 8.22. The van der Waals surface area contributed by atoms with Gasteiger partial charge in [0.15, 0.2) is 0 Å². The van der Waals surface area contributed by atoms with Crippen molar-refractivity contribution in [1.29, 1.82) is 0 Å². The van der Waals surface area contributed by atoms with E-state index in [0.717, 1.165) is 19.3 Å². The average Bonchev–Trinajstić information content (AvgIpc) is 2.26. The molecule has 1 aromatic carbocycles. The molecule has 19 heavy (non-hydrogen) atoms. The van der Waals surface area contributed by atoms with E-state index in [-0.39, 0.29) is 22.6 Å². The minimum absolute atomic E-state index is 0.0342. The quantitative estimate of drug-likeness (QED) is 0.877. The number of aliphatic hydroxyl groups excluding tert-OH is 1. The molecule has 1 unspecified atom stereocenters. The third kappa shape index (κ3) is 3.28. The van der Waals surface area contributed by atoms with Gasteiger partial charge in [0.25, 0.3) is 0 Å². The van der Waals surface area contributed by atoms with E-state index >= 15 is 0 Å². The smallest absolute Gasteiger partial charge is 0.242 e. The van der Waals surface area contributed by atoms with Gasteiger partial charge in [0.05, 0.1) is 11.6 Å². The largest absolute Gasteiger partial charge is 0.392 e. The molecule has 4 nitrogen and oxygen atoms in total. The molecule has 0 aromatic heterocycles. The van der Waals surface area contributed by atoms with E-state index in [9.17, 15) is 8.42 Å². The molecule has 1 saturated carbocycles. The number of sulfonamides is 1. The van der Waals surface area contributed by atoms with Crippen LogP contribution in [0.25, 0.3) is 0 Å². The first kappa shape index (κ1) is 14.8. The number of benzene rings is 1. The Bertz CT molecular complexity index is 555. The highest BCUT2D eigenvalue weighted by atomic mass is 35.5. The normalized spacial score (nSPS) is 18.1. The van der Waals surface area contributed by atoms with Crippen LogP contribution < -0.4 is 4.72 Å². The average molecular weight is 304 g/mol. The summed E-state index contributed by atoms with van der Waals surface area (Å²) in [6.45, 7) is 1.67. The van der Waals surface area contributed by atoms with Crippen LogP contribution >= 0.6 is 11.6 Å². The van der Waals surface area contributed by atoms with Gasteiger partial charge in [0, 0.05) is 6.04 Å². The fourth-order valence-corrected chi connectivity index (χ4v) is 4.06. The van der Waals surface area contributed by atoms with Crippen LogP contribution in [0.15, 0.2) is 23.1 Å². The maximum Gasteiger partial charge on any atom is 0.242 e. The highest BCUT2D eigenvalue weighted by Crippen LogP contribution is 2.31. The van der Waals surface area contributed by atoms with Crippen molar-refractivity contribution < 1.29 is 13.5 Å². The van der Waals surface area contributed by atoms with E-state index in [1.54, 1.807) is 6.07 Å². The summed E-state index contributed by atoms with van der Waals surface area (Å²) in [6.07, 6.45) is 3.29. The summed E-state index contributed by atoms with van der Waals surface area (Å²) in [5, 5.41) is 9.25. The maximum absolute atomic E-state index is 12.3. The molecule has 0 bridgehead atoms. The van der Waals surface area contributed by atoms with Gasteiger partial charge in [-0.1, -0.05) is 24.1 Å². The summed E-state index contributed by atoms with van der Waals surface area (Å²) >= 11 is 5.95. The van der Waals surface area contributed by atoms with E-state index in [2.05, 4.69) is 4.72 Å². The standard InChI is InChI=1S/C13H18ClNO3S/c1-9(11-3-2-4-11)15-19(17,18)13-7-10(8-16)5-6-12(13)14/h5-7,9,11,15-16H,2-4,8H2,1H3. The Morgan fingerprint density at radius 3 is 2.68 bits per heavy atom. The van der Waals surface area contributed by atoms with Crippen molar-refractivity contribution in [2.75, 3.05) is 0 Å². The fraction of sp³-hybridized carbons (Fsp3) is 0.538.